The van der Waals surface area contributed by atoms with Gasteiger partial charge in [-0.05, 0) is 48.1 Å². The highest BCUT2D eigenvalue weighted by molar-refractivity contribution is 6.11. The van der Waals surface area contributed by atoms with E-state index in [1.54, 1.807) is 0 Å². The summed E-state index contributed by atoms with van der Waals surface area (Å²) in [5, 5.41) is 4.67. The summed E-state index contributed by atoms with van der Waals surface area (Å²) < 4.78 is 13.2. The molecular formula is C33H48O2. The Morgan fingerprint density at radius 1 is 0.629 bits per heavy atom. The van der Waals surface area contributed by atoms with E-state index in [1.165, 1.54) is 42.0 Å². The summed E-state index contributed by atoms with van der Waals surface area (Å²) in [6.45, 7) is 17.6. The van der Waals surface area contributed by atoms with Crippen LogP contribution in [0.5, 0.6) is 11.5 Å². The van der Waals surface area contributed by atoms with Gasteiger partial charge in [0.25, 0.3) is 0 Å². The highest BCUT2D eigenvalue weighted by Gasteiger charge is 2.22. The molecule has 0 heterocycles. The van der Waals surface area contributed by atoms with Gasteiger partial charge in [-0.1, -0.05) is 111 Å². The van der Waals surface area contributed by atoms with Crippen molar-refractivity contribution in [1.29, 1.82) is 0 Å². The van der Waals surface area contributed by atoms with Gasteiger partial charge in [0.1, 0.15) is 11.5 Å². The van der Waals surface area contributed by atoms with Crippen LogP contribution in [0, 0.1) is 11.8 Å². The molecule has 0 aliphatic rings. The molecule has 0 amide bonds. The van der Waals surface area contributed by atoms with E-state index in [0.29, 0.717) is 0 Å². The predicted molar refractivity (Wildman–Crippen MR) is 153 cm³/mol. The van der Waals surface area contributed by atoms with Gasteiger partial charge in [0.2, 0.25) is 0 Å². The van der Waals surface area contributed by atoms with Gasteiger partial charge < -0.3 is 9.47 Å². The number of fused-ring (bicyclic) bond motifs is 2. The molecule has 0 aromatic heterocycles. The minimum Gasteiger partial charge on any atom is -0.492 e. The van der Waals surface area contributed by atoms with E-state index in [0.717, 1.165) is 66.6 Å². The van der Waals surface area contributed by atoms with Crippen LogP contribution in [0.4, 0.5) is 0 Å². The second kappa shape index (κ2) is 12.7. The maximum absolute atomic E-state index is 6.64. The van der Waals surface area contributed by atoms with Crippen LogP contribution in [0.3, 0.4) is 0 Å². The first-order valence-corrected chi connectivity index (χ1v) is 14.1. The Morgan fingerprint density at radius 2 is 1.09 bits per heavy atom. The molecule has 0 fully saturated rings. The summed E-state index contributed by atoms with van der Waals surface area (Å²) in [5.74, 6) is 3.46. The molecule has 0 spiro atoms. The van der Waals surface area contributed by atoms with Gasteiger partial charge in [-0.25, -0.2) is 0 Å². The van der Waals surface area contributed by atoms with E-state index in [9.17, 15) is 0 Å². The van der Waals surface area contributed by atoms with Crippen LogP contribution >= 0.6 is 0 Å². The molecule has 0 unspecified atom stereocenters. The van der Waals surface area contributed by atoms with Crippen molar-refractivity contribution in [2.24, 2.45) is 11.8 Å². The van der Waals surface area contributed by atoms with Crippen LogP contribution in [-0.2, 0) is 5.41 Å². The second-order valence-electron chi connectivity index (χ2n) is 10.8. The maximum Gasteiger partial charge on any atom is 0.135 e. The molecule has 35 heavy (non-hydrogen) atoms. The lowest BCUT2D eigenvalue weighted by Crippen LogP contribution is -2.15. The monoisotopic (exact) mass is 476 g/mol. The fraction of sp³-hybridized carbons (Fsp3) is 0.576. The third-order valence-electron chi connectivity index (χ3n) is 8.44. The summed E-state index contributed by atoms with van der Waals surface area (Å²) in [7, 11) is 0. The van der Waals surface area contributed by atoms with Crippen LogP contribution < -0.4 is 9.47 Å². The molecule has 2 heteroatoms. The van der Waals surface area contributed by atoms with E-state index in [1.807, 2.05) is 0 Å². The minimum absolute atomic E-state index is 0.114. The fourth-order valence-corrected chi connectivity index (χ4v) is 5.08. The van der Waals surface area contributed by atoms with E-state index in [2.05, 4.69) is 90.9 Å². The zero-order chi connectivity index (χ0) is 25.4. The molecule has 0 saturated carbocycles. The summed E-state index contributed by atoms with van der Waals surface area (Å²) in [5.41, 5.74) is 1.47. The zero-order valence-corrected chi connectivity index (χ0v) is 23.4. The lowest BCUT2D eigenvalue weighted by Gasteiger charge is -2.25. The van der Waals surface area contributed by atoms with Crippen molar-refractivity contribution in [3.63, 3.8) is 0 Å². The van der Waals surface area contributed by atoms with E-state index < -0.39 is 0 Å². The van der Waals surface area contributed by atoms with Gasteiger partial charge >= 0.3 is 0 Å². The average Bonchev–Trinajstić information content (AvgIpc) is 2.89. The number of ether oxygens (including phenoxy) is 2. The van der Waals surface area contributed by atoms with Crippen LogP contribution in [0.25, 0.3) is 21.5 Å². The van der Waals surface area contributed by atoms with Crippen molar-refractivity contribution in [3.05, 3.63) is 48.0 Å². The Hall–Kier alpha value is -2.22. The Morgan fingerprint density at radius 3 is 1.54 bits per heavy atom. The smallest absolute Gasteiger partial charge is 0.135 e. The normalized spacial score (nSPS) is 12.3. The molecule has 0 atom stereocenters. The molecule has 3 rings (SSSR count). The summed E-state index contributed by atoms with van der Waals surface area (Å²) in [4.78, 5) is 0. The van der Waals surface area contributed by atoms with Gasteiger partial charge in [0.05, 0.1) is 13.2 Å². The lowest BCUT2D eigenvalue weighted by molar-refractivity contribution is 0.273. The van der Waals surface area contributed by atoms with Crippen LogP contribution in [0.1, 0.15) is 99.0 Å². The molecule has 0 bridgehead atoms. The number of rotatable bonds is 14. The molecule has 3 aromatic carbocycles. The molecule has 3 aromatic rings. The Balaban J connectivity index is 2.12. The molecular weight excluding hydrogens is 428 g/mol. The first-order valence-electron chi connectivity index (χ1n) is 14.1. The molecule has 192 valence electrons. The van der Waals surface area contributed by atoms with E-state index in [4.69, 9.17) is 9.47 Å². The van der Waals surface area contributed by atoms with Gasteiger partial charge in [-0.15, -0.1) is 0 Å². The van der Waals surface area contributed by atoms with Crippen molar-refractivity contribution >= 4 is 21.5 Å². The number of benzene rings is 3. The topological polar surface area (TPSA) is 18.5 Å². The zero-order valence-electron chi connectivity index (χ0n) is 23.4. The van der Waals surface area contributed by atoms with Crippen molar-refractivity contribution in [1.82, 2.24) is 0 Å². The largest absolute Gasteiger partial charge is 0.492 e. The van der Waals surface area contributed by atoms with Crippen molar-refractivity contribution in [2.75, 3.05) is 13.2 Å². The number of hydrogen-bond donors (Lipinski definition) is 0. The molecule has 0 N–H and O–H groups in total. The molecule has 0 radical (unpaired) electrons. The summed E-state index contributed by atoms with van der Waals surface area (Å²) >= 11 is 0. The number of hydrogen-bond acceptors (Lipinski definition) is 2. The average molecular weight is 477 g/mol. The SMILES string of the molecule is CCC(CC)CCOc1c2ccccc2c(OCCC(CC)CC)c2cc(C(C)(C)CC)ccc12. The van der Waals surface area contributed by atoms with Crippen molar-refractivity contribution in [2.45, 2.75) is 98.8 Å². The molecule has 0 saturated heterocycles. The van der Waals surface area contributed by atoms with E-state index in [-0.39, 0.29) is 5.41 Å². The van der Waals surface area contributed by atoms with Crippen molar-refractivity contribution < 1.29 is 9.47 Å². The molecule has 0 aliphatic carbocycles. The van der Waals surface area contributed by atoms with Crippen molar-refractivity contribution in [3.8, 4) is 11.5 Å². The first kappa shape index (κ1) is 27.4. The maximum atomic E-state index is 6.64. The summed E-state index contributed by atoms with van der Waals surface area (Å²) in [6.07, 6.45) is 8.11. The molecule has 0 aliphatic heterocycles. The Bertz CT molecular complexity index is 1070. The van der Waals surface area contributed by atoms with Crippen LogP contribution in [0.2, 0.25) is 0 Å². The Labute approximate surface area is 214 Å². The van der Waals surface area contributed by atoms with Gasteiger partial charge in [0.15, 0.2) is 0 Å². The standard InChI is InChI=1S/C33H48O2/c1-8-24(9-2)19-21-34-31-27-15-13-14-16-28(27)32(35-22-20-25(10-3)11-4)30-23-26(17-18-29(30)31)33(6,7)12-5/h13-18,23-25H,8-12,19-22H2,1-7H3. The van der Waals surface area contributed by atoms with Crippen LogP contribution in [0.15, 0.2) is 42.5 Å². The van der Waals surface area contributed by atoms with E-state index >= 15 is 0 Å². The third kappa shape index (κ3) is 6.32. The molecule has 2 nitrogen and oxygen atoms in total. The third-order valence-corrected chi connectivity index (χ3v) is 8.44. The summed E-state index contributed by atoms with van der Waals surface area (Å²) in [6, 6.07) is 15.6. The highest BCUT2D eigenvalue weighted by atomic mass is 16.5. The van der Waals surface area contributed by atoms with Gasteiger partial charge in [0, 0.05) is 21.5 Å². The minimum atomic E-state index is 0.114. The first-order chi connectivity index (χ1) is 16.9. The lowest BCUT2D eigenvalue weighted by atomic mass is 9.81. The predicted octanol–water partition coefficient (Wildman–Crippen LogP) is 10.1. The fourth-order valence-electron chi connectivity index (χ4n) is 5.08. The second-order valence-corrected chi connectivity index (χ2v) is 10.8. The highest BCUT2D eigenvalue weighted by Crippen LogP contribution is 2.44. The van der Waals surface area contributed by atoms with Gasteiger partial charge in [-0.2, -0.15) is 0 Å². The quantitative estimate of drug-likeness (QED) is 0.215. The van der Waals surface area contributed by atoms with Crippen LogP contribution in [-0.4, -0.2) is 13.2 Å². The Kier molecular flexibility index (Phi) is 9.89. The van der Waals surface area contributed by atoms with Gasteiger partial charge in [-0.3, -0.25) is 0 Å².